The molecule has 22 heavy (non-hydrogen) atoms. The van der Waals surface area contributed by atoms with E-state index in [1.54, 1.807) is 0 Å². The van der Waals surface area contributed by atoms with Crippen LogP contribution >= 0.6 is 0 Å². The van der Waals surface area contributed by atoms with Crippen LogP contribution in [0.3, 0.4) is 0 Å². The maximum atomic E-state index is 12.2. The van der Waals surface area contributed by atoms with Crippen molar-refractivity contribution >= 4 is 17.8 Å². The third-order valence-electron chi connectivity index (χ3n) is 3.55. The van der Waals surface area contributed by atoms with Crippen molar-refractivity contribution in [2.45, 2.75) is 32.2 Å². The van der Waals surface area contributed by atoms with Crippen LogP contribution in [-0.2, 0) is 16.0 Å². The Bertz CT molecular complexity index is 545. The molecule has 1 atom stereocenters. The van der Waals surface area contributed by atoms with Crippen molar-refractivity contribution in [1.82, 2.24) is 15.5 Å². The van der Waals surface area contributed by atoms with E-state index in [4.69, 9.17) is 0 Å². The van der Waals surface area contributed by atoms with E-state index in [0.717, 1.165) is 16.9 Å². The summed E-state index contributed by atoms with van der Waals surface area (Å²) in [5.41, 5.74) is 1.11. The summed E-state index contributed by atoms with van der Waals surface area (Å²) < 4.78 is 0. The average molecular weight is 303 g/mol. The first kappa shape index (κ1) is 16.0. The number of imide groups is 1. The predicted molar refractivity (Wildman–Crippen MR) is 82.1 cm³/mol. The minimum absolute atomic E-state index is 0.216. The summed E-state index contributed by atoms with van der Waals surface area (Å²) in [5, 5.41) is 5.30. The third kappa shape index (κ3) is 4.07. The quantitative estimate of drug-likeness (QED) is 0.740. The Hall–Kier alpha value is -2.37. The summed E-state index contributed by atoms with van der Waals surface area (Å²) in [5.74, 6) is -0.637. The fourth-order valence-corrected chi connectivity index (χ4v) is 2.34. The zero-order valence-electron chi connectivity index (χ0n) is 12.7. The standard InChI is InChI=1S/C16H21N3O3/c1-2-10-17-14(20)11-19-15(21)13(18-16(19)22)9-8-12-6-4-3-5-7-12/h3-7,13H,2,8-11H2,1H3,(H,17,20)(H,18,22)/t13-/m0/s1. The molecule has 6 heteroatoms. The van der Waals surface area contributed by atoms with Crippen molar-refractivity contribution in [1.29, 1.82) is 0 Å². The second-order valence-electron chi connectivity index (χ2n) is 5.30. The van der Waals surface area contributed by atoms with Gasteiger partial charge in [0.1, 0.15) is 12.6 Å². The van der Waals surface area contributed by atoms with Gasteiger partial charge >= 0.3 is 6.03 Å². The van der Waals surface area contributed by atoms with Crippen molar-refractivity contribution in [3.63, 3.8) is 0 Å². The van der Waals surface area contributed by atoms with Gasteiger partial charge in [-0.15, -0.1) is 0 Å². The van der Waals surface area contributed by atoms with Gasteiger partial charge in [-0.2, -0.15) is 0 Å². The lowest BCUT2D eigenvalue weighted by molar-refractivity contribution is -0.132. The third-order valence-corrected chi connectivity index (χ3v) is 3.55. The highest BCUT2D eigenvalue weighted by Crippen LogP contribution is 2.12. The molecule has 1 heterocycles. The van der Waals surface area contributed by atoms with Crippen LogP contribution in [0.25, 0.3) is 0 Å². The molecule has 6 nitrogen and oxygen atoms in total. The minimum Gasteiger partial charge on any atom is -0.355 e. The molecule has 0 aliphatic carbocycles. The van der Waals surface area contributed by atoms with Gasteiger partial charge in [-0.05, 0) is 24.8 Å². The lowest BCUT2D eigenvalue weighted by Gasteiger charge is -2.12. The van der Waals surface area contributed by atoms with Gasteiger partial charge < -0.3 is 10.6 Å². The molecule has 0 spiro atoms. The first-order chi connectivity index (χ1) is 10.6. The van der Waals surface area contributed by atoms with Crippen molar-refractivity contribution in [3.05, 3.63) is 35.9 Å². The number of nitrogens with one attached hydrogen (secondary N) is 2. The van der Waals surface area contributed by atoms with Crippen molar-refractivity contribution in [2.75, 3.05) is 13.1 Å². The van der Waals surface area contributed by atoms with E-state index in [9.17, 15) is 14.4 Å². The first-order valence-electron chi connectivity index (χ1n) is 7.54. The molecular formula is C16H21N3O3. The van der Waals surface area contributed by atoms with E-state index in [0.29, 0.717) is 19.4 Å². The summed E-state index contributed by atoms with van der Waals surface area (Å²) >= 11 is 0. The zero-order valence-corrected chi connectivity index (χ0v) is 12.7. The summed E-state index contributed by atoms with van der Waals surface area (Å²) in [4.78, 5) is 36.7. The van der Waals surface area contributed by atoms with Crippen LogP contribution in [0.5, 0.6) is 0 Å². The van der Waals surface area contributed by atoms with E-state index in [-0.39, 0.29) is 18.4 Å². The molecule has 0 aromatic heterocycles. The number of rotatable bonds is 7. The van der Waals surface area contributed by atoms with Gasteiger partial charge in [0.25, 0.3) is 5.91 Å². The molecular weight excluding hydrogens is 282 g/mol. The second kappa shape index (κ2) is 7.59. The Morgan fingerprint density at radius 3 is 2.68 bits per heavy atom. The predicted octanol–water partition coefficient (Wildman–Crippen LogP) is 1.07. The lowest BCUT2D eigenvalue weighted by atomic mass is 10.1. The minimum atomic E-state index is -0.549. The normalized spacial score (nSPS) is 17.5. The fraction of sp³-hybridized carbons (Fsp3) is 0.438. The van der Waals surface area contributed by atoms with E-state index >= 15 is 0 Å². The summed E-state index contributed by atoms with van der Waals surface area (Å²) in [6.07, 6.45) is 2.04. The number of amides is 4. The number of aryl methyl sites for hydroxylation is 1. The smallest absolute Gasteiger partial charge is 0.325 e. The Morgan fingerprint density at radius 1 is 1.27 bits per heavy atom. The molecule has 1 fully saturated rings. The van der Waals surface area contributed by atoms with Crippen molar-refractivity contribution in [3.8, 4) is 0 Å². The Kier molecular flexibility index (Phi) is 5.52. The highest BCUT2D eigenvalue weighted by atomic mass is 16.2. The van der Waals surface area contributed by atoms with E-state index < -0.39 is 12.1 Å². The number of carbonyl (C=O) groups is 3. The number of carbonyl (C=O) groups excluding carboxylic acids is 3. The average Bonchev–Trinajstić information content (AvgIpc) is 2.79. The molecule has 1 aromatic carbocycles. The van der Waals surface area contributed by atoms with Gasteiger partial charge in [0.2, 0.25) is 5.91 Å². The molecule has 2 rings (SSSR count). The van der Waals surface area contributed by atoms with Gasteiger partial charge in [0.15, 0.2) is 0 Å². The lowest BCUT2D eigenvalue weighted by Crippen LogP contribution is -2.41. The second-order valence-corrected chi connectivity index (χ2v) is 5.30. The number of nitrogens with zero attached hydrogens (tertiary/aromatic N) is 1. The molecule has 1 aliphatic heterocycles. The van der Waals surface area contributed by atoms with Gasteiger partial charge in [-0.25, -0.2) is 4.79 Å². The van der Waals surface area contributed by atoms with Crippen LogP contribution in [0, 0.1) is 0 Å². The summed E-state index contributed by atoms with van der Waals surface area (Å²) in [7, 11) is 0. The maximum absolute atomic E-state index is 12.2. The number of hydrogen-bond acceptors (Lipinski definition) is 3. The van der Waals surface area contributed by atoms with Gasteiger partial charge in [0, 0.05) is 6.54 Å². The zero-order chi connectivity index (χ0) is 15.9. The van der Waals surface area contributed by atoms with Crippen LogP contribution in [-0.4, -0.2) is 41.9 Å². The highest BCUT2D eigenvalue weighted by molar-refractivity contribution is 6.06. The van der Waals surface area contributed by atoms with Gasteiger partial charge in [0.05, 0.1) is 0 Å². The van der Waals surface area contributed by atoms with Crippen LogP contribution in [0.1, 0.15) is 25.3 Å². The molecule has 0 unspecified atom stereocenters. The van der Waals surface area contributed by atoms with E-state index in [2.05, 4.69) is 10.6 Å². The van der Waals surface area contributed by atoms with E-state index in [1.165, 1.54) is 0 Å². The van der Waals surface area contributed by atoms with Gasteiger partial charge in [-0.3, -0.25) is 14.5 Å². The molecule has 4 amide bonds. The highest BCUT2D eigenvalue weighted by Gasteiger charge is 2.38. The molecule has 1 aliphatic rings. The topological polar surface area (TPSA) is 78.5 Å². The molecule has 0 radical (unpaired) electrons. The molecule has 0 saturated carbocycles. The molecule has 0 bridgehead atoms. The first-order valence-corrected chi connectivity index (χ1v) is 7.54. The van der Waals surface area contributed by atoms with Crippen LogP contribution in [0.2, 0.25) is 0 Å². The molecule has 118 valence electrons. The number of benzene rings is 1. The number of urea groups is 1. The van der Waals surface area contributed by atoms with Crippen LogP contribution in [0.15, 0.2) is 30.3 Å². The molecule has 2 N–H and O–H groups in total. The van der Waals surface area contributed by atoms with Gasteiger partial charge in [-0.1, -0.05) is 37.3 Å². The maximum Gasteiger partial charge on any atom is 0.325 e. The Labute approximate surface area is 129 Å². The summed E-state index contributed by atoms with van der Waals surface area (Å²) in [6.45, 7) is 2.26. The summed E-state index contributed by atoms with van der Waals surface area (Å²) in [6, 6.07) is 8.74. The SMILES string of the molecule is CCCNC(=O)CN1C(=O)N[C@@H](CCc2ccccc2)C1=O. The fourth-order valence-electron chi connectivity index (χ4n) is 2.34. The van der Waals surface area contributed by atoms with Crippen LogP contribution < -0.4 is 10.6 Å². The monoisotopic (exact) mass is 303 g/mol. The van der Waals surface area contributed by atoms with Crippen molar-refractivity contribution < 1.29 is 14.4 Å². The number of hydrogen-bond donors (Lipinski definition) is 2. The van der Waals surface area contributed by atoms with Crippen molar-refractivity contribution in [2.24, 2.45) is 0 Å². The molecule has 1 saturated heterocycles. The largest absolute Gasteiger partial charge is 0.355 e. The van der Waals surface area contributed by atoms with Crippen LogP contribution in [0.4, 0.5) is 4.79 Å². The molecule has 1 aromatic rings. The Balaban J connectivity index is 1.87. The van der Waals surface area contributed by atoms with E-state index in [1.807, 2.05) is 37.3 Å². The Morgan fingerprint density at radius 2 is 2.00 bits per heavy atom.